The van der Waals surface area contributed by atoms with E-state index in [2.05, 4.69) is 21.5 Å². The van der Waals surface area contributed by atoms with E-state index in [-0.39, 0.29) is 12.4 Å². The molecular formula is C11H15N3O2. The van der Waals surface area contributed by atoms with Gasteiger partial charge in [-0.15, -0.1) is 0 Å². The molecule has 0 unspecified atom stereocenters. The third-order valence-corrected chi connectivity index (χ3v) is 1.83. The van der Waals surface area contributed by atoms with Gasteiger partial charge in [-0.25, -0.2) is 9.98 Å². The van der Waals surface area contributed by atoms with Crippen LogP contribution >= 0.6 is 0 Å². The van der Waals surface area contributed by atoms with Gasteiger partial charge in [-0.2, -0.15) is 0 Å². The van der Waals surface area contributed by atoms with E-state index >= 15 is 0 Å². The molecular weight excluding hydrogens is 206 g/mol. The molecule has 0 aliphatic carbocycles. The molecule has 1 N–H and O–H groups in total. The van der Waals surface area contributed by atoms with Crippen molar-refractivity contribution in [3.63, 3.8) is 0 Å². The highest BCUT2D eigenvalue weighted by atomic mass is 16.5. The van der Waals surface area contributed by atoms with Crippen molar-refractivity contribution in [2.75, 3.05) is 6.61 Å². The maximum absolute atomic E-state index is 11.2. The Kier molecular flexibility index (Phi) is 4.44. The second-order valence-corrected chi connectivity index (χ2v) is 2.99. The van der Waals surface area contributed by atoms with Gasteiger partial charge >= 0.3 is 5.97 Å². The Balaban J connectivity index is 2.82. The summed E-state index contributed by atoms with van der Waals surface area (Å²) in [7, 11) is 0. The van der Waals surface area contributed by atoms with Gasteiger partial charge in [0, 0.05) is 6.21 Å². The van der Waals surface area contributed by atoms with Crippen LogP contribution in [0.4, 0.5) is 5.82 Å². The first kappa shape index (κ1) is 12.2. The lowest BCUT2D eigenvalue weighted by Crippen LogP contribution is -2.08. The number of rotatable bonds is 5. The summed E-state index contributed by atoms with van der Waals surface area (Å²) in [5.74, 6) is 0.768. The molecule has 0 spiro atoms. The van der Waals surface area contributed by atoms with Gasteiger partial charge < -0.3 is 9.72 Å². The van der Waals surface area contributed by atoms with Crippen LogP contribution in [0.25, 0.3) is 6.08 Å². The van der Waals surface area contributed by atoms with Crippen LogP contribution in [0.1, 0.15) is 25.4 Å². The number of esters is 1. The molecule has 5 heteroatoms. The third-order valence-electron chi connectivity index (χ3n) is 1.83. The number of nitrogens with zero attached hydrogens (tertiary/aromatic N) is 2. The Morgan fingerprint density at radius 2 is 2.44 bits per heavy atom. The van der Waals surface area contributed by atoms with E-state index in [1.54, 1.807) is 26.1 Å². The molecule has 1 aromatic rings. The van der Waals surface area contributed by atoms with Gasteiger partial charge in [0.25, 0.3) is 0 Å². The molecule has 0 saturated heterocycles. The van der Waals surface area contributed by atoms with Gasteiger partial charge in [-0.05, 0) is 19.9 Å². The fraction of sp³-hybridized carbons (Fsp3) is 0.364. The minimum atomic E-state index is -0.307. The number of nitrogens with one attached hydrogen (secondary N) is 1. The summed E-state index contributed by atoms with van der Waals surface area (Å²) in [6, 6.07) is 0. The summed E-state index contributed by atoms with van der Waals surface area (Å²) < 4.78 is 4.83. The number of aromatic amines is 1. The molecule has 0 aliphatic rings. The predicted molar refractivity (Wildman–Crippen MR) is 62.8 cm³/mol. The molecule has 0 fully saturated rings. The van der Waals surface area contributed by atoms with Crippen LogP contribution in [-0.4, -0.2) is 28.8 Å². The Morgan fingerprint density at radius 3 is 3.00 bits per heavy atom. The van der Waals surface area contributed by atoms with Crippen molar-refractivity contribution in [3.05, 3.63) is 18.1 Å². The molecule has 0 aliphatic heterocycles. The van der Waals surface area contributed by atoms with Gasteiger partial charge in [0.2, 0.25) is 0 Å². The van der Waals surface area contributed by atoms with Crippen molar-refractivity contribution in [2.24, 2.45) is 4.99 Å². The normalized spacial score (nSPS) is 10.6. The van der Waals surface area contributed by atoms with E-state index in [4.69, 9.17) is 4.74 Å². The number of carbonyl (C=O) groups is 1. The first-order chi connectivity index (χ1) is 7.71. The second kappa shape index (κ2) is 5.85. The van der Waals surface area contributed by atoms with Crippen LogP contribution in [0, 0.1) is 0 Å². The van der Waals surface area contributed by atoms with E-state index in [9.17, 15) is 4.79 Å². The third kappa shape index (κ3) is 3.05. The molecule has 5 nitrogen and oxygen atoms in total. The summed E-state index contributed by atoms with van der Waals surface area (Å²) >= 11 is 0. The first-order valence-electron chi connectivity index (χ1n) is 5.06. The highest BCUT2D eigenvalue weighted by molar-refractivity contribution is 5.72. The molecule has 0 aromatic carbocycles. The number of carbonyl (C=O) groups excluding carboxylic acids is 1. The predicted octanol–water partition coefficient (Wildman–Crippen LogP) is 1.88. The minimum Gasteiger partial charge on any atom is -0.466 e. The fourth-order valence-corrected chi connectivity index (χ4v) is 1.22. The van der Waals surface area contributed by atoms with Crippen LogP contribution in [-0.2, 0) is 16.0 Å². The zero-order valence-electron chi connectivity index (χ0n) is 9.49. The standard InChI is InChI=1S/C11H15N3O2/c1-4-8-11(12-5-2)14-9(13-8)7-10(15)16-6-3/h4-5H,1,6-7H2,2-3H3,(H,13,14)/b12-5-. The molecule has 0 atom stereocenters. The number of aromatic nitrogens is 2. The number of ether oxygens (including phenoxy) is 1. The lowest BCUT2D eigenvalue weighted by atomic mass is 10.4. The van der Waals surface area contributed by atoms with Gasteiger partial charge in [-0.3, -0.25) is 4.79 Å². The number of imidazole rings is 1. The maximum Gasteiger partial charge on any atom is 0.313 e. The lowest BCUT2D eigenvalue weighted by molar-refractivity contribution is -0.142. The van der Waals surface area contributed by atoms with Crippen LogP contribution in [0.15, 0.2) is 11.6 Å². The van der Waals surface area contributed by atoms with Crippen molar-refractivity contribution >= 4 is 24.1 Å². The van der Waals surface area contributed by atoms with E-state index in [1.807, 2.05) is 0 Å². The average Bonchev–Trinajstić information content (AvgIpc) is 2.61. The molecule has 16 heavy (non-hydrogen) atoms. The summed E-state index contributed by atoms with van der Waals surface area (Å²) in [6.45, 7) is 7.57. The SMILES string of the molecule is C=Cc1[nH]c(CC(=O)OCC)nc1/N=C\C. The van der Waals surface area contributed by atoms with Gasteiger partial charge in [-0.1, -0.05) is 6.58 Å². The molecule has 1 aromatic heterocycles. The van der Waals surface area contributed by atoms with Crippen molar-refractivity contribution in [1.82, 2.24) is 9.97 Å². The van der Waals surface area contributed by atoms with Crippen molar-refractivity contribution in [3.8, 4) is 0 Å². The number of hydrogen-bond donors (Lipinski definition) is 1. The Labute approximate surface area is 94.3 Å². The first-order valence-corrected chi connectivity index (χ1v) is 5.06. The van der Waals surface area contributed by atoms with E-state index in [0.717, 1.165) is 0 Å². The van der Waals surface area contributed by atoms with Gasteiger partial charge in [0.05, 0.1) is 12.3 Å². The smallest absolute Gasteiger partial charge is 0.313 e. The quantitative estimate of drug-likeness (QED) is 0.609. The van der Waals surface area contributed by atoms with Crippen LogP contribution in [0.3, 0.4) is 0 Å². The monoisotopic (exact) mass is 221 g/mol. The lowest BCUT2D eigenvalue weighted by Gasteiger charge is -1.97. The van der Waals surface area contributed by atoms with Gasteiger partial charge in [0.15, 0.2) is 5.82 Å². The molecule has 0 radical (unpaired) electrons. The van der Waals surface area contributed by atoms with E-state index in [0.29, 0.717) is 23.9 Å². The molecule has 1 rings (SSSR count). The second-order valence-electron chi connectivity index (χ2n) is 2.99. The zero-order chi connectivity index (χ0) is 12.0. The Bertz CT molecular complexity index is 407. The summed E-state index contributed by atoms with van der Waals surface area (Å²) in [5.41, 5.74) is 0.706. The van der Waals surface area contributed by atoms with E-state index in [1.165, 1.54) is 0 Å². The summed E-state index contributed by atoms with van der Waals surface area (Å²) in [6.07, 6.45) is 3.37. The number of H-pyrrole nitrogens is 1. The highest BCUT2D eigenvalue weighted by Crippen LogP contribution is 2.17. The number of aliphatic imine (C=N–C) groups is 1. The fourth-order valence-electron chi connectivity index (χ4n) is 1.22. The molecule has 1 heterocycles. The topological polar surface area (TPSA) is 67.3 Å². The largest absolute Gasteiger partial charge is 0.466 e. The molecule has 0 bridgehead atoms. The van der Waals surface area contributed by atoms with Crippen LogP contribution in [0.5, 0.6) is 0 Å². The highest BCUT2D eigenvalue weighted by Gasteiger charge is 2.10. The maximum atomic E-state index is 11.2. The molecule has 0 saturated carbocycles. The van der Waals surface area contributed by atoms with Crippen molar-refractivity contribution < 1.29 is 9.53 Å². The average molecular weight is 221 g/mol. The molecule has 0 amide bonds. The van der Waals surface area contributed by atoms with Crippen molar-refractivity contribution in [2.45, 2.75) is 20.3 Å². The van der Waals surface area contributed by atoms with Crippen LogP contribution < -0.4 is 0 Å². The zero-order valence-corrected chi connectivity index (χ0v) is 9.49. The summed E-state index contributed by atoms with van der Waals surface area (Å²) in [4.78, 5) is 22.4. The Hall–Kier alpha value is -1.91. The Morgan fingerprint density at radius 1 is 1.69 bits per heavy atom. The van der Waals surface area contributed by atoms with Crippen molar-refractivity contribution in [1.29, 1.82) is 0 Å². The molecule has 86 valence electrons. The summed E-state index contributed by atoms with van der Waals surface area (Å²) in [5, 5.41) is 0. The minimum absolute atomic E-state index is 0.119. The van der Waals surface area contributed by atoms with E-state index < -0.39 is 0 Å². The number of hydrogen-bond acceptors (Lipinski definition) is 4. The van der Waals surface area contributed by atoms with Gasteiger partial charge in [0.1, 0.15) is 12.2 Å². The van der Waals surface area contributed by atoms with Crippen LogP contribution in [0.2, 0.25) is 0 Å².